The van der Waals surface area contributed by atoms with Gasteiger partial charge in [0, 0.05) is 6.07 Å². The summed E-state index contributed by atoms with van der Waals surface area (Å²) in [5, 5.41) is 8.73. The maximum Gasteiger partial charge on any atom is 0.419 e. The number of hydrogen-bond donors (Lipinski definition) is 2. The van der Waals surface area contributed by atoms with Gasteiger partial charge in [0.15, 0.2) is 0 Å². The van der Waals surface area contributed by atoms with Crippen molar-refractivity contribution in [3.63, 3.8) is 0 Å². The van der Waals surface area contributed by atoms with Crippen LogP contribution in [0.1, 0.15) is 5.56 Å². The topological polar surface area (TPSA) is 75.6 Å². The molecule has 142 valence electrons. The molecular formula is C15H12F5NO4S. The number of aliphatic hydroxyl groups excluding tert-OH is 1. The molecule has 5 nitrogen and oxygen atoms in total. The number of rotatable bonds is 6. The Morgan fingerprint density at radius 3 is 2.38 bits per heavy atom. The molecule has 2 N–H and O–H groups in total. The minimum atomic E-state index is -5.08. The molecule has 0 bridgehead atoms. The number of nitrogens with one attached hydrogen (secondary N) is 1. The van der Waals surface area contributed by atoms with Crippen molar-refractivity contribution in [2.75, 3.05) is 17.9 Å². The molecule has 11 heteroatoms. The Morgan fingerprint density at radius 1 is 1.08 bits per heavy atom. The Kier molecular flexibility index (Phi) is 5.71. The number of ether oxygens (including phenoxy) is 1. The zero-order valence-electron chi connectivity index (χ0n) is 12.8. The molecule has 0 saturated carbocycles. The van der Waals surface area contributed by atoms with Gasteiger partial charge in [-0.3, -0.25) is 4.72 Å². The van der Waals surface area contributed by atoms with Crippen LogP contribution in [-0.4, -0.2) is 26.7 Å². The van der Waals surface area contributed by atoms with Crippen LogP contribution in [0.3, 0.4) is 0 Å². The minimum absolute atomic E-state index is 0.148. The Labute approximate surface area is 145 Å². The summed E-state index contributed by atoms with van der Waals surface area (Å²) < 4.78 is 96.4. The van der Waals surface area contributed by atoms with E-state index in [9.17, 15) is 30.4 Å². The molecule has 2 aromatic rings. The van der Waals surface area contributed by atoms with Gasteiger partial charge in [-0.15, -0.1) is 0 Å². The lowest BCUT2D eigenvalue weighted by Gasteiger charge is -2.14. The van der Waals surface area contributed by atoms with Gasteiger partial charge < -0.3 is 9.84 Å². The fourth-order valence-corrected chi connectivity index (χ4v) is 3.04. The molecule has 0 aromatic heterocycles. The molecule has 0 spiro atoms. The van der Waals surface area contributed by atoms with E-state index in [1.165, 1.54) is 0 Å². The maximum atomic E-state index is 13.3. The highest BCUT2D eigenvalue weighted by Gasteiger charge is 2.35. The molecule has 0 radical (unpaired) electrons. The summed E-state index contributed by atoms with van der Waals surface area (Å²) in [6.45, 7) is -0.706. The van der Waals surface area contributed by atoms with E-state index in [1.54, 1.807) is 0 Å². The molecule has 2 aromatic carbocycles. The smallest absolute Gasteiger partial charge is 0.419 e. The third-order valence-corrected chi connectivity index (χ3v) is 4.45. The average Bonchev–Trinajstić information content (AvgIpc) is 2.54. The largest absolute Gasteiger partial charge is 0.489 e. The van der Waals surface area contributed by atoms with Gasteiger partial charge in [-0.25, -0.2) is 17.2 Å². The first kappa shape index (κ1) is 19.9. The molecule has 0 amide bonds. The maximum absolute atomic E-state index is 13.3. The summed E-state index contributed by atoms with van der Waals surface area (Å²) in [7, 11) is -4.55. The van der Waals surface area contributed by atoms with Crippen LogP contribution < -0.4 is 9.46 Å². The van der Waals surface area contributed by atoms with E-state index in [0.717, 1.165) is 18.2 Å². The van der Waals surface area contributed by atoms with Crippen LogP contribution in [0.15, 0.2) is 41.3 Å². The number of halogens is 5. The lowest BCUT2D eigenvalue weighted by Crippen LogP contribution is -2.16. The number of aliphatic hydroxyl groups is 1. The van der Waals surface area contributed by atoms with E-state index < -0.39 is 44.9 Å². The van der Waals surface area contributed by atoms with Gasteiger partial charge in [0.05, 0.1) is 22.8 Å². The van der Waals surface area contributed by atoms with Crippen molar-refractivity contribution in [2.24, 2.45) is 0 Å². The third-order valence-electron chi connectivity index (χ3n) is 3.09. The molecule has 0 heterocycles. The minimum Gasteiger partial charge on any atom is -0.489 e. The second-order valence-corrected chi connectivity index (χ2v) is 6.64. The zero-order chi connectivity index (χ0) is 19.5. The quantitative estimate of drug-likeness (QED) is 0.735. The van der Waals surface area contributed by atoms with Gasteiger partial charge in [-0.1, -0.05) is 0 Å². The highest BCUT2D eigenvalue weighted by atomic mass is 32.2. The Hall–Kier alpha value is -2.40. The van der Waals surface area contributed by atoms with Crippen molar-refractivity contribution in [1.82, 2.24) is 0 Å². The molecule has 0 fully saturated rings. The van der Waals surface area contributed by atoms with Crippen LogP contribution in [0.2, 0.25) is 0 Å². The highest BCUT2D eigenvalue weighted by Crippen LogP contribution is 2.34. The fourth-order valence-electron chi connectivity index (χ4n) is 1.95. The fraction of sp³-hybridized carbons (Fsp3) is 0.200. The normalized spacial score (nSPS) is 12.1. The number of alkyl halides is 3. The van der Waals surface area contributed by atoms with E-state index in [4.69, 9.17) is 9.84 Å². The summed E-state index contributed by atoms with van der Waals surface area (Å²) in [5.41, 5.74) is -2.01. The SMILES string of the molecule is O=S(=O)(Nc1ccc(F)cc1OCCO)c1ccc(F)c(C(F)(F)F)c1. The van der Waals surface area contributed by atoms with Gasteiger partial charge >= 0.3 is 6.18 Å². The average molecular weight is 397 g/mol. The number of hydrogen-bond acceptors (Lipinski definition) is 4. The number of anilines is 1. The number of sulfonamides is 1. The molecule has 0 unspecified atom stereocenters. The molecular weight excluding hydrogens is 385 g/mol. The van der Waals surface area contributed by atoms with E-state index in [0.29, 0.717) is 12.1 Å². The van der Waals surface area contributed by atoms with Crippen molar-refractivity contribution in [3.05, 3.63) is 53.6 Å². The molecule has 0 aliphatic heterocycles. The van der Waals surface area contributed by atoms with Gasteiger partial charge in [-0.2, -0.15) is 13.2 Å². The standard InChI is InChI=1S/C15H12F5NO4S/c16-9-1-4-13(14(7-9)25-6-5-22)21-26(23,24)10-2-3-12(17)11(8-10)15(18,19)20/h1-4,7-8,21-22H,5-6H2. The van der Waals surface area contributed by atoms with Gasteiger partial charge in [0.2, 0.25) is 0 Å². The van der Waals surface area contributed by atoms with Crippen molar-refractivity contribution in [1.29, 1.82) is 0 Å². The summed E-state index contributed by atoms with van der Waals surface area (Å²) in [5.74, 6) is -2.66. The summed E-state index contributed by atoms with van der Waals surface area (Å²) >= 11 is 0. The molecule has 0 atom stereocenters. The Balaban J connectivity index is 2.41. The molecule has 0 aliphatic rings. The molecule has 0 aliphatic carbocycles. The van der Waals surface area contributed by atoms with E-state index >= 15 is 0 Å². The second kappa shape index (κ2) is 7.46. The lowest BCUT2D eigenvalue weighted by atomic mass is 10.2. The monoisotopic (exact) mass is 397 g/mol. The van der Waals surface area contributed by atoms with Crippen molar-refractivity contribution in [3.8, 4) is 5.75 Å². The van der Waals surface area contributed by atoms with Gasteiger partial charge in [0.25, 0.3) is 10.0 Å². The van der Waals surface area contributed by atoms with Crippen LogP contribution in [0.5, 0.6) is 5.75 Å². The van der Waals surface area contributed by atoms with E-state index in [2.05, 4.69) is 0 Å². The van der Waals surface area contributed by atoms with Crippen LogP contribution in [-0.2, 0) is 16.2 Å². The van der Waals surface area contributed by atoms with Crippen LogP contribution in [0, 0.1) is 11.6 Å². The first-order chi connectivity index (χ1) is 12.0. The molecule has 2 rings (SSSR count). The second-order valence-electron chi connectivity index (χ2n) is 4.96. The molecule has 0 saturated heterocycles. The van der Waals surface area contributed by atoms with Crippen LogP contribution >= 0.6 is 0 Å². The third kappa shape index (κ3) is 4.61. The Morgan fingerprint density at radius 2 is 1.77 bits per heavy atom. The Bertz CT molecular complexity index is 899. The van der Waals surface area contributed by atoms with E-state index in [1.807, 2.05) is 4.72 Å². The first-order valence-electron chi connectivity index (χ1n) is 6.97. The zero-order valence-corrected chi connectivity index (χ0v) is 13.7. The van der Waals surface area contributed by atoms with Gasteiger partial charge in [0.1, 0.15) is 24.0 Å². The summed E-state index contributed by atoms with van der Waals surface area (Å²) in [6, 6.07) is 3.91. The lowest BCUT2D eigenvalue weighted by molar-refractivity contribution is -0.140. The first-order valence-corrected chi connectivity index (χ1v) is 8.45. The summed E-state index contributed by atoms with van der Waals surface area (Å²) in [6.07, 6.45) is -5.08. The predicted octanol–water partition coefficient (Wildman–Crippen LogP) is 3.16. The van der Waals surface area contributed by atoms with Crippen molar-refractivity contribution in [2.45, 2.75) is 11.1 Å². The molecule has 26 heavy (non-hydrogen) atoms. The van der Waals surface area contributed by atoms with Crippen molar-refractivity contribution >= 4 is 15.7 Å². The number of benzene rings is 2. The predicted molar refractivity (Wildman–Crippen MR) is 81.2 cm³/mol. The van der Waals surface area contributed by atoms with E-state index in [-0.39, 0.29) is 24.1 Å². The van der Waals surface area contributed by atoms with Crippen molar-refractivity contribution < 1.29 is 40.2 Å². The van der Waals surface area contributed by atoms with Crippen LogP contribution in [0.25, 0.3) is 0 Å². The highest BCUT2D eigenvalue weighted by molar-refractivity contribution is 7.92. The summed E-state index contributed by atoms with van der Waals surface area (Å²) in [4.78, 5) is -0.844. The van der Waals surface area contributed by atoms with Gasteiger partial charge in [-0.05, 0) is 30.3 Å². The van der Waals surface area contributed by atoms with Crippen LogP contribution in [0.4, 0.5) is 27.6 Å².